The summed E-state index contributed by atoms with van der Waals surface area (Å²) in [4.78, 5) is 33.2. The number of rotatable bonds is 5. The van der Waals surface area contributed by atoms with Gasteiger partial charge in [0.25, 0.3) is 11.8 Å². The van der Waals surface area contributed by atoms with Crippen LogP contribution in [-0.4, -0.2) is 91.3 Å². The Morgan fingerprint density at radius 3 is 2.64 bits per heavy atom. The summed E-state index contributed by atoms with van der Waals surface area (Å²) in [6, 6.07) is 13.7. The van der Waals surface area contributed by atoms with Crippen molar-refractivity contribution in [3.63, 3.8) is 0 Å². The third-order valence-corrected chi connectivity index (χ3v) is 9.39. The van der Waals surface area contributed by atoms with Crippen LogP contribution in [0.5, 0.6) is 0 Å². The average Bonchev–Trinajstić information content (AvgIpc) is 3.32. The second-order valence-corrected chi connectivity index (χ2v) is 11.7. The highest BCUT2D eigenvalue weighted by Gasteiger charge is 2.41. The second kappa shape index (κ2) is 10.9. The Balaban J connectivity index is 1.17. The number of carbonyl (C=O) groups excluding carboxylic acids is 2. The molecule has 39 heavy (non-hydrogen) atoms. The van der Waals surface area contributed by atoms with Crippen molar-refractivity contribution in [1.82, 2.24) is 15.1 Å². The molecule has 6 rings (SSSR count). The van der Waals surface area contributed by atoms with Crippen molar-refractivity contribution in [1.29, 1.82) is 0 Å². The lowest BCUT2D eigenvalue weighted by molar-refractivity contribution is 0.0191. The van der Waals surface area contributed by atoms with Crippen molar-refractivity contribution in [3.8, 4) is 0 Å². The van der Waals surface area contributed by atoms with Crippen LogP contribution in [0.4, 0.5) is 5.69 Å². The molecule has 0 saturated carbocycles. The molecule has 0 radical (unpaired) electrons. The molecule has 2 atom stereocenters. The lowest BCUT2D eigenvalue weighted by Crippen LogP contribution is -2.50. The van der Waals surface area contributed by atoms with Crippen LogP contribution in [-0.2, 0) is 17.7 Å². The molecule has 2 fully saturated rings. The number of benzene rings is 2. The van der Waals surface area contributed by atoms with E-state index in [2.05, 4.69) is 29.3 Å². The van der Waals surface area contributed by atoms with E-state index >= 15 is 0 Å². The van der Waals surface area contributed by atoms with Gasteiger partial charge in [0, 0.05) is 70.6 Å². The van der Waals surface area contributed by atoms with Crippen LogP contribution in [0.3, 0.4) is 0 Å². The Hall–Kier alpha value is -2.94. The van der Waals surface area contributed by atoms with E-state index in [-0.39, 0.29) is 29.8 Å². The van der Waals surface area contributed by atoms with E-state index in [1.54, 1.807) is 11.0 Å². The molecular weight excluding hydrogens is 492 g/mol. The topological polar surface area (TPSA) is 85.3 Å². The molecule has 4 aliphatic rings. The van der Waals surface area contributed by atoms with Crippen molar-refractivity contribution in [2.75, 3.05) is 57.4 Å². The molecule has 1 spiro atoms. The fourth-order valence-corrected chi connectivity index (χ4v) is 6.85. The van der Waals surface area contributed by atoms with Gasteiger partial charge in [-0.25, -0.2) is 0 Å². The van der Waals surface area contributed by atoms with Gasteiger partial charge in [-0.3, -0.25) is 9.59 Å². The molecule has 0 aromatic heterocycles. The fourth-order valence-electron chi connectivity index (χ4n) is 6.85. The van der Waals surface area contributed by atoms with Crippen molar-refractivity contribution >= 4 is 17.5 Å². The third kappa shape index (κ3) is 5.17. The minimum Gasteiger partial charge on any atom is -0.390 e. The maximum Gasteiger partial charge on any atom is 0.256 e. The van der Waals surface area contributed by atoms with Gasteiger partial charge in [-0.15, -0.1) is 0 Å². The zero-order chi connectivity index (χ0) is 27.0. The van der Waals surface area contributed by atoms with Gasteiger partial charge in [0.2, 0.25) is 0 Å². The third-order valence-electron chi connectivity index (χ3n) is 9.39. The monoisotopic (exact) mass is 532 g/mol. The number of β-amino-alcohol motifs (C(OH)–C–C–N with tert-alkyl or cyclic N) is 1. The fraction of sp³-hybridized carbons (Fsp3) is 0.548. The molecule has 0 aliphatic carbocycles. The standard InChI is InChI=1S/C31H40N4O4/c1-2-33-13-14-34(20-28(36)26-17-22-5-3-4-6-24(22)19-32-26)30(38)25-8-7-23(18-27(25)33)29(37)35-12-9-31(21-35)10-15-39-16-11-31/h3-8,18,26,28,32,36H,2,9-17,19-21H2,1H3. The van der Waals surface area contributed by atoms with Crippen LogP contribution in [0.2, 0.25) is 0 Å². The molecule has 2 aromatic carbocycles. The van der Waals surface area contributed by atoms with Crippen molar-refractivity contribution in [2.45, 2.75) is 51.3 Å². The quantitative estimate of drug-likeness (QED) is 0.616. The van der Waals surface area contributed by atoms with Crippen LogP contribution in [0.1, 0.15) is 58.0 Å². The van der Waals surface area contributed by atoms with E-state index in [9.17, 15) is 14.7 Å². The van der Waals surface area contributed by atoms with Crippen LogP contribution < -0.4 is 10.2 Å². The molecule has 4 aliphatic heterocycles. The zero-order valence-electron chi connectivity index (χ0n) is 22.9. The number of amides is 2. The summed E-state index contributed by atoms with van der Waals surface area (Å²) in [6.07, 6.45) is 3.14. The molecule has 8 heteroatoms. The highest BCUT2D eigenvalue weighted by Crippen LogP contribution is 2.40. The number of aliphatic hydroxyl groups is 1. The number of ether oxygens (including phenoxy) is 1. The average molecular weight is 533 g/mol. The molecule has 2 unspecified atom stereocenters. The maximum atomic E-state index is 13.7. The summed E-state index contributed by atoms with van der Waals surface area (Å²) in [5, 5.41) is 14.6. The summed E-state index contributed by atoms with van der Waals surface area (Å²) in [5.74, 6) is -0.0395. The zero-order valence-corrected chi connectivity index (χ0v) is 22.9. The first-order valence-electron chi connectivity index (χ1n) is 14.5. The summed E-state index contributed by atoms with van der Waals surface area (Å²) in [6.45, 7) is 8.12. The number of hydrogen-bond acceptors (Lipinski definition) is 6. The first kappa shape index (κ1) is 26.3. The summed E-state index contributed by atoms with van der Waals surface area (Å²) in [7, 11) is 0. The number of aliphatic hydroxyl groups excluding tert-OH is 1. The van der Waals surface area contributed by atoms with Crippen LogP contribution in [0, 0.1) is 5.41 Å². The summed E-state index contributed by atoms with van der Waals surface area (Å²) in [5.41, 5.74) is 4.77. The van der Waals surface area contributed by atoms with Crippen LogP contribution in [0.25, 0.3) is 0 Å². The van der Waals surface area contributed by atoms with Crippen molar-refractivity contribution < 1.29 is 19.4 Å². The van der Waals surface area contributed by atoms with Gasteiger partial charge in [0.1, 0.15) is 0 Å². The summed E-state index contributed by atoms with van der Waals surface area (Å²) < 4.78 is 5.56. The lowest BCUT2D eigenvalue weighted by atomic mass is 9.80. The number of nitrogens with zero attached hydrogens (tertiary/aromatic N) is 3. The molecule has 2 N–H and O–H groups in total. The highest BCUT2D eigenvalue weighted by atomic mass is 16.5. The number of carbonyl (C=O) groups is 2. The van der Waals surface area contributed by atoms with Gasteiger partial charge < -0.3 is 29.9 Å². The van der Waals surface area contributed by atoms with E-state index in [0.29, 0.717) is 24.2 Å². The van der Waals surface area contributed by atoms with E-state index in [1.807, 2.05) is 29.2 Å². The molecule has 0 bridgehead atoms. The molecule has 8 nitrogen and oxygen atoms in total. The van der Waals surface area contributed by atoms with E-state index in [0.717, 1.165) is 70.8 Å². The number of likely N-dealkylation sites (tertiary alicyclic amines) is 1. The second-order valence-electron chi connectivity index (χ2n) is 11.7. The van der Waals surface area contributed by atoms with E-state index in [1.165, 1.54) is 11.1 Å². The van der Waals surface area contributed by atoms with Crippen LogP contribution in [0.15, 0.2) is 42.5 Å². The van der Waals surface area contributed by atoms with E-state index in [4.69, 9.17) is 4.74 Å². The first-order valence-corrected chi connectivity index (χ1v) is 14.5. The van der Waals surface area contributed by atoms with Crippen molar-refractivity contribution in [3.05, 3.63) is 64.7 Å². The number of nitrogens with one attached hydrogen (secondary N) is 1. The van der Waals surface area contributed by atoms with Gasteiger partial charge >= 0.3 is 0 Å². The molecule has 2 amide bonds. The first-order chi connectivity index (χ1) is 19.0. The number of hydrogen-bond donors (Lipinski definition) is 2. The maximum absolute atomic E-state index is 13.7. The molecule has 2 aromatic rings. The Kier molecular flexibility index (Phi) is 7.35. The Labute approximate surface area is 230 Å². The molecular formula is C31H40N4O4. The van der Waals surface area contributed by atoms with Gasteiger partial charge in [-0.2, -0.15) is 0 Å². The van der Waals surface area contributed by atoms with Gasteiger partial charge in [0.15, 0.2) is 0 Å². The smallest absolute Gasteiger partial charge is 0.256 e. The summed E-state index contributed by atoms with van der Waals surface area (Å²) >= 11 is 0. The predicted molar refractivity (Wildman–Crippen MR) is 150 cm³/mol. The van der Waals surface area contributed by atoms with Gasteiger partial charge in [0.05, 0.1) is 17.4 Å². The normalized spacial score (nSPS) is 23.4. The lowest BCUT2D eigenvalue weighted by Gasteiger charge is -2.33. The largest absolute Gasteiger partial charge is 0.390 e. The van der Waals surface area contributed by atoms with E-state index < -0.39 is 6.10 Å². The SMILES string of the molecule is CCN1CCN(CC(O)C2Cc3ccccc3CN2)C(=O)c2ccc(C(=O)N3CCC4(CCOCC4)C3)cc21. The van der Waals surface area contributed by atoms with Crippen molar-refractivity contribution in [2.24, 2.45) is 5.41 Å². The Morgan fingerprint density at radius 2 is 1.85 bits per heavy atom. The van der Waals surface area contributed by atoms with Gasteiger partial charge in [-0.1, -0.05) is 24.3 Å². The number of anilines is 1. The minimum absolute atomic E-state index is 0.0462. The molecule has 208 valence electrons. The molecule has 4 heterocycles. The predicted octanol–water partition coefficient (Wildman–Crippen LogP) is 2.69. The van der Waals surface area contributed by atoms with Gasteiger partial charge in [-0.05, 0) is 67.3 Å². The number of fused-ring (bicyclic) bond motifs is 2. The highest BCUT2D eigenvalue weighted by molar-refractivity contribution is 6.03. The Bertz CT molecular complexity index is 1230. The van der Waals surface area contributed by atoms with Crippen LogP contribution >= 0.6 is 0 Å². The Morgan fingerprint density at radius 1 is 1.08 bits per heavy atom. The molecule has 2 saturated heterocycles. The number of likely N-dealkylation sites (N-methyl/N-ethyl adjacent to an activating group) is 1. The minimum atomic E-state index is -0.674.